The van der Waals surface area contributed by atoms with Gasteiger partial charge in [0.1, 0.15) is 11.6 Å². The number of aryl methyl sites for hydroxylation is 1. The molecule has 3 heterocycles. The fourth-order valence-electron chi connectivity index (χ4n) is 4.81. The van der Waals surface area contributed by atoms with Gasteiger partial charge in [0.15, 0.2) is 0 Å². The molecule has 0 aliphatic carbocycles. The van der Waals surface area contributed by atoms with Crippen molar-refractivity contribution in [1.82, 2.24) is 14.9 Å². The van der Waals surface area contributed by atoms with Crippen molar-refractivity contribution >= 4 is 23.3 Å². The molecular formula is C26H35N5O2. The highest BCUT2D eigenvalue weighted by molar-refractivity contribution is 5.95. The van der Waals surface area contributed by atoms with E-state index in [0.29, 0.717) is 18.9 Å². The molecule has 7 heteroatoms. The van der Waals surface area contributed by atoms with Gasteiger partial charge in [0, 0.05) is 43.4 Å². The van der Waals surface area contributed by atoms with E-state index in [0.717, 1.165) is 67.4 Å². The number of nitrogens with zero attached hydrogens (tertiary/aromatic N) is 4. The fourth-order valence-corrected chi connectivity index (χ4v) is 4.81. The summed E-state index contributed by atoms with van der Waals surface area (Å²) >= 11 is 0. The highest BCUT2D eigenvalue weighted by Gasteiger charge is 2.33. The van der Waals surface area contributed by atoms with Gasteiger partial charge in [-0.25, -0.2) is 9.97 Å². The molecule has 0 saturated carbocycles. The van der Waals surface area contributed by atoms with Crippen molar-refractivity contribution in [1.29, 1.82) is 0 Å². The first-order valence-electron chi connectivity index (χ1n) is 12.1. The van der Waals surface area contributed by atoms with Gasteiger partial charge < -0.3 is 5.32 Å². The predicted molar refractivity (Wildman–Crippen MR) is 130 cm³/mol. The third-order valence-corrected chi connectivity index (χ3v) is 6.61. The Balaban J connectivity index is 1.56. The van der Waals surface area contributed by atoms with Crippen LogP contribution in [0.3, 0.4) is 0 Å². The van der Waals surface area contributed by atoms with Gasteiger partial charge in [0.05, 0.1) is 6.04 Å². The second-order valence-corrected chi connectivity index (χ2v) is 9.70. The van der Waals surface area contributed by atoms with Gasteiger partial charge in [-0.2, -0.15) is 0 Å². The van der Waals surface area contributed by atoms with Crippen LogP contribution in [0.2, 0.25) is 0 Å². The molecule has 2 aliphatic heterocycles. The van der Waals surface area contributed by atoms with Gasteiger partial charge >= 0.3 is 0 Å². The minimum absolute atomic E-state index is 0.0665. The summed E-state index contributed by atoms with van der Waals surface area (Å²) in [5.41, 5.74) is 4.13. The van der Waals surface area contributed by atoms with E-state index < -0.39 is 0 Å². The Hall–Kier alpha value is -2.80. The van der Waals surface area contributed by atoms with Gasteiger partial charge in [-0.05, 0) is 62.8 Å². The summed E-state index contributed by atoms with van der Waals surface area (Å²) in [6.45, 7) is 10.5. The summed E-state index contributed by atoms with van der Waals surface area (Å²) in [5.74, 6) is 2.31. The van der Waals surface area contributed by atoms with Crippen LogP contribution in [0, 0.1) is 12.8 Å². The van der Waals surface area contributed by atoms with Gasteiger partial charge in [-0.3, -0.25) is 19.4 Å². The first kappa shape index (κ1) is 23.4. The van der Waals surface area contributed by atoms with Crippen LogP contribution in [0.15, 0.2) is 24.3 Å². The smallest absolute Gasteiger partial charge is 0.228 e. The lowest BCUT2D eigenvalue weighted by Gasteiger charge is -2.31. The Labute approximate surface area is 196 Å². The number of likely N-dealkylation sites (tertiary alicyclic amines) is 1. The van der Waals surface area contributed by atoms with E-state index in [-0.39, 0.29) is 17.9 Å². The van der Waals surface area contributed by atoms with Gasteiger partial charge in [-0.15, -0.1) is 0 Å². The summed E-state index contributed by atoms with van der Waals surface area (Å²) in [5, 5.41) is 2.82. The lowest BCUT2D eigenvalue weighted by molar-refractivity contribution is -0.119. The third-order valence-electron chi connectivity index (χ3n) is 6.61. The van der Waals surface area contributed by atoms with Crippen molar-refractivity contribution in [3.63, 3.8) is 0 Å². The number of fused-ring (bicyclic) bond motifs is 1. The van der Waals surface area contributed by atoms with Gasteiger partial charge in [0.25, 0.3) is 0 Å². The summed E-state index contributed by atoms with van der Waals surface area (Å²) in [4.78, 5) is 38.3. The Morgan fingerprint density at radius 3 is 2.64 bits per heavy atom. The highest BCUT2D eigenvalue weighted by atomic mass is 16.2. The summed E-state index contributed by atoms with van der Waals surface area (Å²) in [6, 6.07) is 8.16. The maximum Gasteiger partial charge on any atom is 0.228 e. The summed E-state index contributed by atoms with van der Waals surface area (Å²) in [7, 11) is 0. The molecule has 4 rings (SSSR count). The van der Waals surface area contributed by atoms with Crippen LogP contribution in [-0.4, -0.2) is 39.8 Å². The van der Waals surface area contributed by atoms with E-state index in [1.54, 1.807) is 0 Å². The summed E-state index contributed by atoms with van der Waals surface area (Å²) in [6.07, 6.45) is 4.35. The van der Waals surface area contributed by atoms with Crippen LogP contribution < -0.4 is 10.2 Å². The number of amides is 2. The molecule has 2 amide bonds. The molecule has 1 aromatic heterocycles. The van der Waals surface area contributed by atoms with Gasteiger partial charge in [-0.1, -0.05) is 26.0 Å². The lowest BCUT2D eigenvalue weighted by atomic mass is 10.0. The minimum Gasteiger partial charge on any atom is -0.326 e. The Bertz CT molecular complexity index is 1020. The van der Waals surface area contributed by atoms with Gasteiger partial charge in [0.2, 0.25) is 11.8 Å². The minimum atomic E-state index is -0.0665. The highest BCUT2D eigenvalue weighted by Crippen LogP contribution is 2.35. The van der Waals surface area contributed by atoms with Crippen molar-refractivity contribution < 1.29 is 9.59 Å². The van der Waals surface area contributed by atoms with Crippen molar-refractivity contribution in [2.24, 2.45) is 5.92 Å². The number of aromatic nitrogens is 2. The van der Waals surface area contributed by atoms with Crippen LogP contribution in [0.5, 0.6) is 0 Å². The first-order valence-corrected chi connectivity index (χ1v) is 12.1. The van der Waals surface area contributed by atoms with E-state index in [4.69, 9.17) is 9.97 Å². The Morgan fingerprint density at radius 2 is 1.94 bits per heavy atom. The quantitative estimate of drug-likeness (QED) is 0.678. The van der Waals surface area contributed by atoms with E-state index in [9.17, 15) is 9.59 Å². The first-order chi connectivity index (χ1) is 15.8. The largest absolute Gasteiger partial charge is 0.326 e. The van der Waals surface area contributed by atoms with Crippen molar-refractivity contribution in [2.75, 3.05) is 23.3 Å². The SMILES string of the molecule is CC(=O)Nc1ccc(CN2CCCC2c2nc(C)c3c(n2)N(CCC(C)C)C(=O)CC3)cc1. The average molecular weight is 450 g/mol. The molecule has 1 N–H and O–H groups in total. The number of hydrogen-bond donors (Lipinski definition) is 1. The average Bonchev–Trinajstić information content (AvgIpc) is 3.22. The molecule has 0 radical (unpaired) electrons. The maximum atomic E-state index is 12.7. The van der Waals surface area contributed by atoms with E-state index in [1.807, 2.05) is 17.0 Å². The molecule has 1 unspecified atom stereocenters. The fraction of sp³-hybridized carbons (Fsp3) is 0.538. The maximum absolute atomic E-state index is 12.7. The molecule has 176 valence electrons. The Morgan fingerprint density at radius 1 is 1.18 bits per heavy atom. The zero-order chi connectivity index (χ0) is 23.5. The number of anilines is 2. The Kier molecular flexibility index (Phi) is 7.08. The number of carbonyl (C=O) groups is 2. The molecule has 33 heavy (non-hydrogen) atoms. The third kappa shape index (κ3) is 5.41. The van der Waals surface area contributed by atoms with Crippen LogP contribution in [0.1, 0.15) is 75.1 Å². The van der Waals surface area contributed by atoms with E-state index in [2.05, 4.69) is 43.1 Å². The second-order valence-electron chi connectivity index (χ2n) is 9.70. The van der Waals surface area contributed by atoms with Crippen LogP contribution >= 0.6 is 0 Å². The number of rotatable bonds is 7. The molecule has 2 aromatic rings. The number of benzene rings is 1. The molecule has 1 atom stereocenters. The van der Waals surface area contributed by atoms with Crippen molar-refractivity contribution in [3.05, 3.63) is 46.9 Å². The molecule has 2 aliphatic rings. The van der Waals surface area contributed by atoms with E-state index in [1.165, 1.54) is 12.5 Å². The lowest BCUT2D eigenvalue weighted by Crippen LogP contribution is -2.38. The second kappa shape index (κ2) is 10.00. The van der Waals surface area contributed by atoms with E-state index >= 15 is 0 Å². The molecule has 0 bridgehead atoms. The number of carbonyl (C=O) groups excluding carboxylic acids is 2. The van der Waals surface area contributed by atoms with Crippen molar-refractivity contribution in [3.8, 4) is 0 Å². The zero-order valence-corrected chi connectivity index (χ0v) is 20.2. The number of nitrogens with one attached hydrogen (secondary N) is 1. The molecule has 0 spiro atoms. The normalized spacial score (nSPS) is 18.6. The van der Waals surface area contributed by atoms with Crippen LogP contribution in [-0.2, 0) is 22.6 Å². The molecule has 1 fully saturated rings. The zero-order valence-electron chi connectivity index (χ0n) is 20.2. The molecule has 1 aromatic carbocycles. The monoisotopic (exact) mass is 449 g/mol. The molecule has 7 nitrogen and oxygen atoms in total. The number of hydrogen-bond acceptors (Lipinski definition) is 5. The standard InChI is InChI=1S/C26H35N5O2/c1-17(2)13-15-31-24(33)12-11-22-18(3)27-25(29-26(22)31)23-6-5-14-30(23)16-20-7-9-21(10-8-20)28-19(4)32/h7-10,17,23H,5-6,11-16H2,1-4H3,(H,28,32). The topological polar surface area (TPSA) is 78.4 Å². The summed E-state index contributed by atoms with van der Waals surface area (Å²) < 4.78 is 0. The van der Waals surface area contributed by atoms with Crippen LogP contribution in [0.25, 0.3) is 0 Å². The molecule has 1 saturated heterocycles. The van der Waals surface area contributed by atoms with Crippen LogP contribution in [0.4, 0.5) is 11.5 Å². The molecular weight excluding hydrogens is 414 g/mol. The predicted octanol–water partition coefficient (Wildman–Crippen LogP) is 4.41. The van der Waals surface area contributed by atoms with Crippen molar-refractivity contribution in [2.45, 2.75) is 72.4 Å².